The number of amides is 1. The third kappa shape index (κ3) is 5.62. The zero-order chi connectivity index (χ0) is 18.4. The van der Waals surface area contributed by atoms with Crippen LogP contribution in [0.2, 0.25) is 0 Å². The highest BCUT2D eigenvalue weighted by atomic mass is 16.5. The summed E-state index contributed by atoms with van der Waals surface area (Å²) in [6, 6.07) is 7.89. The summed E-state index contributed by atoms with van der Waals surface area (Å²) in [5, 5.41) is 7.48. The van der Waals surface area contributed by atoms with Crippen molar-refractivity contribution in [1.29, 1.82) is 0 Å². The summed E-state index contributed by atoms with van der Waals surface area (Å²) in [5.41, 5.74) is 4.20. The molecule has 0 saturated heterocycles. The third-order valence-corrected chi connectivity index (χ3v) is 4.09. The van der Waals surface area contributed by atoms with Crippen LogP contribution in [-0.4, -0.2) is 28.8 Å². The van der Waals surface area contributed by atoms with Crippen LogP contribution in [0.15, 0.2) is 24.3 Å². The SMILES string of the molecule is Cc1cccc(OCCNC(=O)Cc2c(C)nn(CC(C)C)c2C)c1. The Morgan fingerprint density at radius 2 is 2.04 bits per heavy atom. The second-order valence-electron chi connectivity index (χ2n) is 6.92. The summed E-state index contributed by atoms with van der Waals surface area (Å²) in [6.45, 7) is 12.2. The van der Waals surface area contributed by atoms with Crippen LogP contribution in [0.4, 0.5) is 0 Å². The van der Waals surface area contributed by atoms with Crippen molar-refractivity contribution in [3.63, 3.8) is 0 Å². The van der Waals surface area contributed by atoms with E-state index in [4.69, 9.17) is 4.74 Å². The second-order valence-corrected chi connectivity index (χ2v) is 6.92. The average molecular weight is 343 g/mol. The van der Waals surface area contributed by atoms with Crippen LogP contribution in [0.5, 0.6) is 5.75 Å². The van der Waals surface area contributed by atoms with Crippen molar-refractivity contribution in [3.05, 3.63) is 46.8 Å². The summed E-state index contributed by atoms with van der Waals surface area (Å²) in [6.07, 6.45) is 0.361. The molecule has 0 atom stereocenters. The van der Waals surface area contributed by atoms with E-state index in [2.05, 4.69) is 24.3 Å². The van der Waals surface area contributed by atoms with E-state index in [-0.39, 0.29) is 5.91 Å². The minimum atomic E-state index is 0.00291. The van der Waals surface area contributed by atoms with Gasteiger partial charge < -0.3 is 10.1 Å². The van der Waals surface area contributed by atoms with Gasteiger partial charge in [0.2, 0.25) is 5.91 Å². The fraction of sp³-hybridized carbons (Fsp3) is 0.500. The summed E-state index contributed by atoms with van der Waals surface area (Å²) in [4.78, 5) is 12.2. The van der Waals surface area contributed by atoms with Gasteiger partial charge in [-0.25, -0.2) is 0 Å². The van der Waals surface area contributed by atoms with Gasteiger partial charge >= 0.3 is 0 Å². The molecule has 5 nitrogen and oxygen atoms in total. The molecule has 0 radical (unpaired) electrons. The van der Waals surface area contributed by atoms with Gasteiger partial charge in [-0.15, -0.1) is 0 Å². The first-order valence-corrected chi connectivity index (χ1v) is 8.86. The normalized spacial score (nSPS) is 11.0. The van der Waals surface area contributed by atoms with E-state index < -0.39 is 0 Å². The molecule has 0 saturated carbocycles. The summed E-state index contributed by atoms with van der Waals surface area (Å²) in [7, 11) is 0. The molecule has 2 rings (SSSR count). The number of hydrogen-bond acceptors (Lipinski definition) is 3. The van der Waals surface area contributed by atoms with Crippen LogP contribution < -0.4 is 10.1 Å². The molecule has 5 heteroatoms. The van der Waals surface area contributed by atoms with E-state index in [1.54, 1.807) is 0 Å². The van der Waals surface area contributed by atoms with E-state index in [0.29, 0.717) is 25.5 Å². The standard InChI is InChI=1S/C20H29N3O2/c1-14(2)13-23-17(5)19(16(4)22-23)12-20(24)21-9-10-25-18-8-6-7-15(3)11-18/h6-8,11,14H,9-10,12-13H2,1-5H3,(H,21,24). The molecular weight excluding hydrogens is 314 g/mol. The van der Waals surface area contributed by atoms with Gasteiger partial charge in [-0.05, 0) is 44.4 Å². The van der Waals surface area contributed by atoms with Crippen molar-refractivity contribution in [2.45, 2.75) is 47.6 Å². The Bertz CT molecular complexity index is 720. The fourth-order valence-corrected chi connectivity index (χ4v) is 2.80. The first-order valence-electron chi connectivity index (χ1n) is 8.86. The Balaban J connectivity index is 1.81. The lowest BCUT2D eigenvalue weighted by atomic mass is 10.1. The Morgan fingerprint density at radius 3 is 2.72 bits per heavy atom. The number of aromatic nitrogens is 2. The van der Waals surface area contributed by atoms with Gasteiger partial charge in [-0.3, -0.25) is 9.48 Å². The highest BCUT2D eigenvalue weighted by molar-refractivity contribution is 5.79. The number of benzene rings is 1. The van der Waals surface area contributed by atoms with Gasteiger partial charge in [0, 0.05) is 17.8 Å². The number of carbonyl (C=O) groups is 1. The Morgan fingerprint density at radius 1 is 1.28 bits per heavy atom. The average Bonchev–Trinajstić information content (AvgIpc) is 2.78. The molecule has 0 aliphatic carbocycles. The van der Waals surface area contributed by atoms with Gasteiger partial charge in [0.05, 0.1) is 18.7 Å². The van der Waals surface area contributed by atoms with Crippen LogP contribution in [-0.2, 0) is 17.8 Å². The van der Waals surface area contributed by atoms with Crippen molar-refractivity contribution in [1.82, 2.24) is 15.1 Å². The van der Waals surface area contributed by atoms with Crippen molar-refractivity contribution in [2.24, 2.45) is 5.92 Å². The van der Waals surface area contributed by atoms with Gasteiger partial charge in [0.25, 0.3) is 0 Å². The summed E-state index contributed by atoms with van der Waals surface area (Å²) < 4.78 is 7.65. The maximum Gasteiger partial charge on any atom is 0.224 e. The lowest BCUT2D eigenvalue weighted by Crippen LogP contribution is -2.29. The number of nitrogens with one attached hydrogen (secondary N) is 1. The molecule has 1 heterocycles. The molecule has 0 spiro atoms. The van der Waals surface area contributed by atoms with E-state index in [1.807, 2.05) is 49.7 Å². The maximum atomic E-state index is 12.2. The quantitative estimate of drug-likeness (QED) is 0.749. The smallest absolute Gasteiger partial charge is 0.224 e. The van der Waals surface area contributed by atoms with Crippen LogP contribution in [0.1, 0.15) is 36.4 Å². The van der Waals surface area contributed by atoms with Crippen LogP contribution >= 0.6 is 0 Å². The van der Waals surface area contributed by atoms with E-state index in [0.717, 1.165) is 34.8 Å². The molecule has 1 aromatic heterocycles. The highest BCUT2D eigenvalue weighted by Gasteiger charge is 2.15. The third-order valence-electron chi connectivity index (χ3n) is 4.09. The van der Waals surface area contributed by atoms with Crippen LogP contribution in [0, 0.1) is 26.7 Å². The molecule has 1 amide bonds. The molecule has 1 N–H and O–H groups in total. The maximum absolute atomic E-state index is 12.2. The largest absolute Gasteiger partial charge is 0.492 e. The topological polar surface area (TPSA) is 56.1 Å². The molecule has 0 aliphatic rings. The van der Waals surface area contributed by atoms with E-state index in [1.165, 1.54) is 0 Å². The van der Waals surface area contributed by atoms with Crippen molar-refractivity contribution >= 4 is 5.91 Å². The molecular formula is C20H29N3O2. The Kier molecular flexibility index (Phi) is 6.62. The molecule has 1 aromatic carbocycles. The molecule has 0 fully saturated rings. The first kappa shape index (κ1) is 19.0. The Hall–Kier alpha value is -2.30. The molecule has 2 aromatic rings. The fourth-order valence-electron chi connectivity index (χ4n) is 2.80. The minimum absolute atomic E-state index is 0.00291. The number of nitrogens with zero attached hydrogens (tertiary/aromatic N) is 2. The lowest BCUT2D eigenvalue weighted by Gasteiger charge is -2.09. The number of rotatable bonds is 8. The second kappa shape index (κ2) is 8.70. The highest BCUT2D eigenvalue weighted by Crippen LogP contribution is 2.15. The Labute approximate surface area is 150 Å². The zero-order valence-electron chi connectivity index (χ0n) is 15.9. The summed E-state index contributed by atoms with van der Waals surface area (Å²) >= 11 is 0. The van der Waals surface area contributed by atoms with Gasteiger partial charge in [-0.1, -0.05) is 26.0 Å². The van der Waals surface area contributed by atoms with Gasteiger partial charge in [-0.2, -0.15) is 5.10 Å². The zero-order valence-corrected chi connectivity index (χ0v) is 15.9. The molecule has 0 bridgehead atoms. The molecule has 0 unspecified atom stereocenters. The predicted molar refractivity (Wildman–Crippen MR) is 99.9 cm³/mol. The van der Waals surface area contributed by atoms with E-state index >= 15 is 0 Å². The van der Waals surface area contributed by atoms with Crippen molar-refractivity contribution in [2.75, 3.05) is 13.2 Å². The van der Waals surface area contributed by atoms with E-state index in [9.17, 15) is 4.79 Å². The number of hydrogen-bond donors (Lipinski definition) is 1. The summed E-state index contributed by atoms with van der Waals surface area (Å²) in [5.74, 6) is 1.36. The van der Waals surface area contributed by atoms with Gasteiger partial charge in [0.15, 0.2) is 0 Å². The van der Waals surface area contributed by atoms with Crippen molar-refractivity contribution in [3.8, 4) is 5.75 Å². The van der Waals surface area contributed by atoms with Crippen LogP contribution in [0.3, 0.4) is 0 Å². The first-order chi connectivity index (χ1) is 11.9. The number of carbonyl (C=O) groups excluding carboxylic acids is 1. The van der Waals surface area contributed by atoms with Crippen LogP contribution in [0.25, 0.3) is 0 Å². The molecule has 0 aliphatic heterocycles. The monoisotopic (exact) mass is 343 g/mol. The number of ether oxygens (including phenoxy) is 1. The number of aryl methyl sites for hydroxylation is 2. The molecule has 136 valence electrons. The van der Waals surface area contributed by atoms with Gasteiger partial charge in [0.1, 0.15) is 12.4 Å². The predicted octanol–water partition coefficient (Wildman–Crippen LogP) is 3.20. The minimum Gasteiger partial charge on any atom is -0.492 e. The molecule has 25 heavy (non-hydrogen) atoms. The van der Waals surface area contributed by atoms with Crippen molar-refractivity contribution < 1.29 is 9.53 Å². The lowest BCUT2D eigenvalue weighted by molar-refractivity contribution is -0.120.